The Morgan fingerprint density at radius 3 is 1.80 bits per heavy atom. The number of hydrogen-bond donors (Lipinski definition) is 0. The second-order valence-electron chi connectivity index (χ2n) is 13.8. The Morgan fingerprint density at radius 1 is 0.775 bits per heavy atom. The highest BCUT2D eigenvalue weighted by Crippen LogP contribution is 2.43. The largest absolute Gasteiger partial charge is 0.411 e. The van der Waals surface area contributed by atoms with Crippen molar-refractivity contribution in [3.8, 4) is 0 Å². The second kappa shape index (κ2) is 17.5. The molecule has 6 unspecified atom stereocenters. The number of alkyl halides is 1. The third-order valence-corrected chi connectivity index (χ3v) is 14.1. The summed E-state index contributed by atoms with van der Waals surface area (Å²) in [7, 11) is -2.03. The average molecular weight is 607 g/mol. The molecule has 1 saturated heterocycles. The molecule has 1 heterocycles. The highest BCUT2D eigenvalue weighted by Gasteiger charge is 2.51. The lowest BCUT2D eigenvalue weighted by molar-refractivity contribution is -0.334. The number of rotatable bonds is 17. The molecule has 1 aliphatic heterocycles. The fraction of sp³-hybridized carbons (Fsp3) is 1.00. The summed E-state index contributed by atoms with van der Waals surface area (Å²) in [5.74, 6) is 1.37. The van der Waals surface area contributed by atoms with Gasteiger partial charge in [-0.3, -0.25) is 0 Å². The maximum absolute atomic E-state index is 7.06. The SMILES string of the molecule is CCCCOC1C(OCCCC)[C@H](OCCCC)C(C)O[C@H]1OC1C(C)CC(CCl)C[C@H]1O[Si](C)(C)C(C)(C)C. The van der Waals surface area contributed by atoms with Crippen molar-refractivity contribution in [3.63, 3.8) is 0 Å². The van der Waals surface area contributed by atoms with Crippen LogP contribution in [0.3, 0.4) is 0 Å². The van der Waals surface area contributed by atoms with Gasteiger partial charge in [0.15, 0.2) is 14.6 Å². The summed E-state index contributed by atoms with van der Waals surface area (Å²) in [4.78, 5) is 0. The Bertz CT molecular complexity index is 689. The molecule has 238 valence electrons. The van der Waals surface area contributed by atoms with Crippen LogP contribution in [0, 0.1) is 11.8 Å². The van der Waals surface area contributed by atoms with Gasteiger partial charge >= 0.3 is 0 Å². The summed E-state index contributed by atoms with van der Waals surface area (Å²) in [5.41, 5.74) is 0. The number of hydrogen-bond acceptors (Lipinski definition) is 6. The average Bonchev–Trinajstić information content (AvgIpc) is 2.88. The zero-order chi connectivity index (χ0) is 29.9. The molecular weight excluding hydrogens is 544 g/mol. The van der Waals surface area contributed by atoms with Crippen LogP contribution in [0.1, 0.15) is 107 Å². The first-order valence-corrected chi connectivity index (χ1v) is 19.7. The van der Waals surface area contributed by atoms with Gasteiger partial charge in [0.2, 0.25) is 0 Å². The van der Waals surface area contributed by atoms with Crippen molar-refractivity contribution in [1.29, 1.82) is 0 Å². The van der Waals surface area contributed by atoms with Gasteiger partial charge < -0.3 is 28.1 Å². The van der Waals surface area contributed by atoms with E-state index >= 15 is 0 Å². The first kappa shape index (κ1) is 36.5. The van der Waals surface area contributed by atoms with Crippen molar-refractivity contribution >= 4 is 19.9 Å². The zero-order valence-corrected chi connectivity index (χ0v) is 29.3. The smallest absolute Gasteiger partial charge is 0.192 e. The van der Waals surface area contributed by atoms with Crippen molar-refractivity contribution in [2.45, 2.75) is 168 Å². The summed E-state index contributed by atoms with van der Waals surface area (Å²) in [6.45, 7) is 24.5. The topological polar surface area (TPSA) is 55.4 Å². The third kappa shape index (κ3) is 10.5. The highest BCUT2D eigenvalue weighted by atomic mass is 35.5. The first-order chi connectivity index (χ1) is 18.9. The molecule has 2 rings (SSSR count). The van der Waals surface area contributed by atoms with E-state index in [1.807, 2.05) is 0 Å². The highest BCUT2D eigenvalue weighted by molar-refractivity contribution is 6.74. The van der Waals surface area contributed by atoms with Crippen LogP contribution in [0.5, 0.6) is 0 Å². The molecule has 6 nitrogen and oxygen atoms in total. The fourth-order valence-corrected chi connectivity index (χ4v) is 7.12. The van der Waals surface area contributed by atoms with Crippen molar-refractivity contribution in [2.24, 2.45) is 11.8 Å². The molecule has 0 aromatic rings. The Morgan fingerprint density at radius 2 is 1.30 bits per heavy atom. The molecule has 0 N–H and O–H groups in total. The monoisotopic (exact) mass is 606 g/mol. The standard InChI is InChI=1S/C32H63ClO6Si/c1-11-14-17-34-28-24(5)37-31(30(36-19-16-13-3)29(28)35-18-15-12-2)38-27-23(4)20-25(22-33)21-26(27)39-40(9,10)32(6,7)8/h23-31H,11-22H2,1-10H3/t23?,24?,25?,26-,27?,28-,29?,30?,31+/m1/s1. The van der Waals surface area contributed by atoms with E-state index in [1.54, 1.807) is 0 Å². The van der Waals surface area contributed by atoms with Crippen molar-refractivity contribution in [2.75, 3.05) is 25.7 Å². The fourth-order valence-electron chi connectivity index (χ4n) is 5.53. The summed E-state index contributed by atoms with van der Waals surface area (Å²) in [6, 6.07) is 0. The maximum Gasteiger partial charge on any atom is 0.192 e. The lowest BCUT2D eigenvalue weighted by Crippen LogP contribution is -2.62. The Labute approximate surface area is 253 Å². The second-order valence-corrected chi connectivity index (χ2v) is 18.8. The lowest BCUT2D eigenvalue weighted by atomic mass is 9.79. The van der Waals surface area contributed by atoms with Crippen LogP contribution in [-0.4, -0.2) is 76.9 Å². The molecule has 8 heteroatoms. The Hall–Kier alpha value is 0.267. The van der Waals surface area contributed by atoms with Crippen LogP contribution in [0.25, 0.3) is 0 Å². The van der Waals surface area contributed by atoms with Gasteiger partial charge in [0.25, 0.3) is 0 Å². The van der Waals surface area contributed by atoms with E-state index in [9.17, 15) is 0 Å². The van der Waals surface area contributed by atoms with E-state index in [2.05, 4.69) is 68.5 Å². The van der Waals surface area contributed by atoms with E-state index in [0.717, 1.165) is 51.4 Å². The minimum absolute atomic E-state index is 0.0263. The van der Waals surface area contributed by atoms with Gasteiger partial charge in [-0.25, -0.2) is 0 Å². The van der Waals surface area contributed by atoms with Gasteiger partial charge in [0.05, 0.1) is 18.3 Å². The van der Waals surface area contributed by atoms with Gasteiger partial charge in [-0.1, -0.05) is 67.7 Å². The van der Waals surface area contributed by atoms with Gasteiger partial charge in [-0.15, -0.1) is 11.6 Å². The molecule has 0 radical (unpaired) electrons. The molecule has 0 spiro atoms. The maximum atomic E-state index is 7.06. The van der Waals surface area contributed by atoms with E-state index in [-0.39, 0.29) is 41.7 Å². The summed E-state index contributed by atoms with van der Waals surface area (Å²) in [6.07, 6.45) is 6.51. The number of halogens is 1. The van der Waals surface area contributed by atoms with Crippen LogP contribution in [-0.2, 0) is 28.1 Å². The molecular formula is C32H63ClO6Si. The molecule has 9 atom stereocenters. The first-order valence-electron chi connectivity index (χ1n) is 16.3. The van der Waals surface area contributed by atoms with Crippen molar-refractivity contribution in [3.05, 3.63) is 0 Å². The van der Waals surface area contributed by atoms with E-state index in [4.69, 9.17) is 39.7 Å². The van der Waals surface area contributed by atoms with Gasteiger partial charge in [0.1, 0.15) is 18.3 Å². The van der Waals surface area contributed by atoms with Crippen molar-refractivity contribution in [1.82, 2.24) is 0 Å². The normalized spacial score (nSPS) is 33.8. The van der Waals surface area contributed by atoms with Crippen LogP contribution >= 0.6 is 11.6 Å². The Kier molecular flexibility index (Phi) is 16.0. The molecule has 0 amide bonds. The minimum Gasteiger partial charge on any atom is -0.411 e. The number of unbranched alkanes of at least 4 members (excludes halogenated alkanes) is 3. The van der Waals surface area contributed by atoms with Crippen LogP contribution < -0.4 is 0 Å². The van der Waals surface area contributed by atoms with Gasteiger partial charge in [-0.05, 0) is 69.0 Å². The van der Waals surface area contributed by atoms with Crippen molar-refractivity contribution < 1.29 is 28.1 Å². The molecule has 2 aliphatic rings. The minimum atomic E-state index is -2.03. The van der Waals surface area contributed by atoms with E-state index in [1.165, 1.54) is 0 Å². The molecule has 1 aliphatic carbocycles. The predicted molar refractivity (Wildman–Crippen MR) is 168 cm³/mol. The van der Waals surface area contributed by atoms with Crippen LogP contribution in [0.4, 0.5) is 0 Å². The molecule has 1 saturated carbocycles. The zero-order valence-electron chi connectivity index (χ0n) is 27.5. The summed E-state index contributed by atoms with van der Waals surface area (Å²) in [5, 5.41) is 0.109. The van der Waals surface area contributed by atoms with E-state index in [0.29, 0.717) is 37.5 Å². The molecule has 0 aromatic carbocycles. The lowest BCUT2D eigenvalue weighted by Gasteiger charge is -2.50. The van der Waals surface area contributed by atoms with Crippen LogP contribution in [0.2, 0.25) is 18.1 Å². The third-order valence-electron chi connectivity index (χ3n) is 9.11. The van der Waals surface area contributed by atoms with Crippen LogP contribution in [0.15, 0.2) is 0 Å². The number of ether oxygens (including phenoxy) is 5. The molecule has 0 aromatic heterocycles. The van der Waals surface area contributed by atoms with E-state index < -0.39 is 14.6 Å². The quantitative estimate of drug-likeness (QED) is 0.0942. The predicted octanol–water partition coefficient (Wildman–Crippen LogP) is 8.35. The summed E-state index contributed by atoms with van der Waals surface area (Å²) < 4.78 is 40.2. The molecule has 2 fully saturated rings. The summed E-state index contributed by atoms with van der Waals surface area (Å²) >= 11 is 6.41. The molecule has 0 bridgehead atoms. The van der Waals surface area contributed by atoms with Gasteiger partial charge in [0, 0.05) is 25.7 Å². The Balaban J connectivity index is 2.36. The molecule has 40 heavy (non-hydrogen) atoms. The van der Waals surface area contributed by atoms with Gasteiger partial charge in [-0.2, -0.15) is 0 Å².